The Balaban J connectivity index is 0.893. The van der Waals surface area contributed by atoms with Crippen LogP contribution < -0.4 is 62.4 Å². The lowest BCUT2D eigenvalue weighted by Gasteiger charge is -2.31. The SMILES string of the molecule is c1ccc(N(c2ccccc2)c2ccc3c(c2)Oc2cc(N(c4ccccc4)c4ccccc4)ccc2B3c2nnc(B3c4cc(N(c5ccccc5)c5ccccc5)ccc4Oc4ccc(N(c5ccccc5)c5ccccc5)cc43)nn2)cc1. The van der Waals surface area contributed by atoms with Crippen LogP contribution in [0, 0.1) is 0 Å². The zero-order valence-corrected chi connectivity index (χ0v) is 46.6. The topological polar surface area (TPSA) is 83.0 Å². The number of para-hydroxylation sites is 8. The molecule has 0 spiro atoms. The molecule has 0 radical (unpaired) electrons. The molecule has 2 aliphatic rings. The Morgan fingerprint density at radius 3 is 0.686 bits per heavy atom. The zero-order chi connectivity index (χ0) is 57.2. The molecule has 0 saturated carbocycles. The summed E-state index contributed by atoms with van der Waals surface area (Å²) in [6, 6.07) is 109. The van der Waals surface area contributed by atoms with E-state index in [2.05, 4.69) is 287 Å². The molecule has 12 aromatic carbocycles. The van der Waals surface area contributed by atoms with Crippen molar-refractivity contribution in [1.82, 2.24) is 20.4 Å². The summed E-state index contributed by atoms with van der Waals surface area (Å²) in [7, 11) is 0. The van der Waals surface area contributed by atoms with Gasteiger partial charge in [0.1, 0.15) is 34.4 Å². The molecule has 406 valence electrons. The van der Waals surface area contributed by atoms with Gasteiger partial charge < -0.3 is 29.1 Å². The molecular weight excluding hydrogens is 1050 g/mol. The first kappa shape index (κ1) is 51.4. The van der Waals surface area contributed by atoms with Crippen molar-refractivity contribution in [2.24, 2.45) is 0 Å². The molecule has 0 amide bonds. The molecule has 3 heterocycles. The molecule has 0 atom stereocenters. The molecule has 12 heteroatoms. The molecule has 0 N–H and O–H groups in total. The number of hydrogen-bond acceptors (Lipinski definition) is 10. The fraction of sp³-hybridized carbons (Fsp3) is 0. The number of nitrogens with zero attached hydrogens (tertiary/aromatic N) is 8. The van der Waals surface area contributed by atoms with Gasteiger partial charge in [0, 0.05) is 80.4 Å². The fourth-order valence-corrected chi connectivity index (χ4v) is 12.0. The third-order valence-corrected chi connectivity index (χ3v) is 15.8. The Morgan fingerprint density at radius 2 is 0.419 bits per heavy atom. The highest BCUT2D eigenvalue weighted by Gasteiger charge is 2.40. The maximum Gasteiger partial charge on any atom is 0.303 e. The van der Waals surface area contributed by atoms with Gasteiger partial charge in [-0.05, 0) is 167 Å². The highest BCUT2D eigenvalue weighted by atomic mass is 16.5. The summed E-state index contributed by atoms with van der Waals surface area (Å²) in [6.07, 6.45) is 0. The Hall–Kier alpha value is -11.5. The third kappa shape index (κ3) is 9.80. The van der Waals surface area contributed by atoms with E-state index in [1.54, 1.807) is 0 Å². The van der Waals surface area contributed by atoms with E-state index >= 15 is 0 Å². The fourth-order valence-electron chi connectivity index (χ4n) is 12.0. The van der Waals surface area contributed by atoms with E-state index in [0.717, 1.165) is 90.1 Å². The van der Waals surface area contributed by atoms with Crippen LogP contribution in [-0.2, 0) is 0 Å². The molecule has 0 saturated heterocycles. The van der Waals surface area contributed by atoms with E-state index in [-0.39, 0.29) is 0 Å². The van der Waals surface area contributed by atoms with Crippen molar-refractivity contribution in [3.63, 3.8) is 0 Å². The van der Waals surface area contributed by atoms with Crippen molar-refractivity contribution >= 4 is 115 Å². The summed E-state index contributed by atoms with van der Waals surface area (Å²) in [5.41, 5.74) is 16.2. The number of anilines is 12. The molecule has 13 aromatic rings. The van der Waals surface area contributed by atoms with Gasteiger partial charge in [0.15, 0.2) is 0 Å². The van der Waals surface area contributed by atoms with Crippen molar-refractivity contribution in [2.75, 3.05) is 19.6 Å². The van der Waals surface area contributed by atoms with Gasteiger partial charge in [-0.15, -0.1) is 20.4 Å². The average Bonchev–Trinajstić information content (AvgIpc) is 1.34. The highest BCUT2D eigenvalue weighted by molar-refractivity contribution is 6.97. The van der Waals surface area contributed by atoms with E-state index in [1.165, 1.54) is 0 Å². The summed E-state index contributed by atoms with van der Waals surface area (Å²) < 4.78 is 14.1. The van der Waals surface area contributed by atoms with Gasteiger partial charge in [-0.2, -0.15) is 0 Å². The van der Waals surface area contributed by atoms with Crippen molar-refractivity contribution in [3.05, 3.63) is 315 Å². The van der Waals surface area contributed by atoms with E-state index in [9.17, 15) is 0 Å². The molecule has 0 fully saturated rings. The number of benzene rings is 12. The predicted molar refractivity (Wildman–Crippen MR) is 352 cm³/mol. The van der Waals surface area contributed by atoms with Crippen LogP contribution in [0.4, 0.5) is 68.2 Å². The second-order valence-electron chi connectivity index (χ2n) is 21.1. The highest BCUT2D eigenvalue weighted by Crippen LogP contribution is 2.42. The minimum Gasteiger partial charge on any atom is -0.458 e. The van der Waals surface area contributed by atoms with E-state index in [1.807, 2.05) is 48.5 Å². The van der Waals surface area contributed by atoms with Gasteiger partial charge >= 0.3 is 13.4 Å². The van der Waals surface area contributed by atoms with E-state index in [0.29, 0.717) is 34.4 Å². The number of aromatic nitrogens is 4. The first-order valence-corrected chi connectivity index (χ1v) is 28.8. The molecule has 2 aliphatic heterocycles. The molecule has 0 unspecified atom stereocenters. The van der Waals surface area contributed by atoms with Crippen LogP contribution in [0.2, 0.25) is 0 Å². The minimum atomic E-state index is -0.562. The number of ether oxygens (including phenoxy) is 2. The second-order valence-corrected chi connectivity index (χ2v) is 21.1. The van der Waals surface area contributed by atoms with Crippen LogP contribution in [0.3, 0.4) is 0 Å². The molecule has 15 rings (SSSR count). The van der Waals surface area contributed by atoms with Gasteiger partial charge in [0.25, 0.3) is 0 Å². The standard InChI is InChI=1S/C74H52B2N8O2/c1-9-25-53(26-10-1)81(54-27-11-2-12-28-54)61-43-47-69-67(49-61)76(68-50-62(44-48-70(68)85-69)82(55-29-13-3-14-30-55)56-31-15-4-16-32-56)74-79-77-73(78-80-74)75-65-45-41-63(83(57-33-17-5-18-34-57)58-35-19-6-20-36-58)51-71(65)86-72-52-64(42-46-66(72)75)84(59-37-21-7-22-38-59)60-39-23-8-24-40-60/h1-52H. The van der Waals surface area contributed by atoms with Crippen LogP contribution in [0.25, 0.3) is 0 Å². The largest absolute Gasteiger partial charge is 0.458 e. The van der Waals surface area contributed by atoms with Crippen molar-refractivity contribution in [1.29, 1.82) is 0 Å². The van der Waals surface area contributed by atoms with E-state index in [4.69, 9.17) is 29.9 Å². The van der Waals surface area contributed by atoms with Gasteiger partial charge in [-0.1, -0.05) is 158 Å². The Bertz CT molecular complexity index is 4070. The van der Waals surface area contributed by atoms with Gasteiger partial charge in [-0.25, -0.2) is 0 Å². The Morgan fingerprint density at radius 1 is 0.198 bits per heavy atom. The van der Waals surface area contributed by atoms with Crippen LogP contribution in [0.5, 0.6) is 23.0 Å². The maximum absolute atomic E-state index is 7.17. The van der Waals surface area contributed by atoms with E-state index < -0.39 is 13.4 Å². The van der Waals surface area contributed by atoms with Gasteiger partial charge in [0.05, 0.1) is 0 Å². The number of rotatable bonds is 14. The molecule has 0 aliphatic carbocycles. The summed E-state index contributed by atoms with van der Waals surface area (Å²) in [5.74, 6) is 2.72. The first-order valence-electron chi connectivity index (χ1n) is 28.8. The van der Waals surface area contributed by atoms with Crippen LogP contribution >= 0.6 is 0 Å². The van der Waals surface area contributed by atoms with Gasteiger partial charge in [-0.3, -0.25) is 0 Å². The lowest BCUT2D eigenvalue weighted by molar-refractivity contribution is 0.487. The summed E-state index contributed by atoms with van der Waals surface area (Å²) in [6.45, 7) is -1.08. The number of fused-ring (bicyclic) bond motifs is 4. The summed E-state index contributed by atoms with van der Waals surface area (Å²) >= 11 is 0. The monoisotopic (exact) mass is 1110 g/mol. The average molecular weight is 1110 g/mol. The zero-order valence-electron chi connectivity index (χ0n) is 46.6. The molecule has 1 aromatic heterocycles. The maximum atomic E-state index is 7.17. The van der Waals surface area contributed by atoms with Crippen LogP contribution in [-0.4, -0.2) is 33.8 Å². The molecule has 86 heavy (non-hydrogen) atoms. The van der Waals surface area contributed by atoms with Crippen LogP contribution in [0.1, 0.15) is 0 Å². The normalized spacial score (nSPS) is 11.9. The lowest BCUT2D eigenvalue weighted by atomic mass is 9.38. The minimum absolute atomic E-state index is 0.423. The summed E-state index contributed by atoms with van der Waals surface area (Å²) in [4.78, 5) is 8.99. The van der Waals surface area contributed by atoms with Gasteiger partial charge in [0.2, 0.25) is 0 Å². The van der Waals surface area contributed by atoms with Crippen molar-refractivity contribution in [3.8, 4) is 23.0 Å². The molecule has 0 bridgehead atoms. The molecular formula is C74H52B2N8O2. The third-order valence-electron chi connectivity index (χ3n) is 15.8. The first-order chi connectivity index (χ1) is 42.7. The smallest absolute Gasteiger partial charge is 0.303 e. The lowest BCUT2D eigenvalue weighted by Crippen LogP contribution is -2.61. The Labute approximate surface area is 500 Å². The van der Waals surface area contributed by atoms with Crippen LogP contribution in [0.15, 0.2) is 315 Å². The van der Waals surface area contributed by atoms with Crippen molar-refractivity contribution in [2.45, 2.75) is 0 Å². The predicted octanol–water partition coefficient (Wildman–Crippen LogP) is 14.4. The molecule has 10 nitrogen and oxygen atoms in total. The number of hydrogen-bond donors (Lipinski definition) is 0. The second kappa shape index (κ2) is 22.7. The Kier molecular flexibility index (Phi) is 13.6. The summed E-state index contributed by atoms with van der Waals surface area (Å²) in [5, 5.41) is 20.7. The quantitative estimate of drug-likeness (QED) is 0.0982. The van der Waals surface area contributed by atoms with Crippen molar-refractivity contribution < 1.29 is 9.47 Å².